The van der Waals surface area contributed by atoms with Crippen LogP contribution >= 0.6 is 15.9 Å². The predicted octanol–water partition coefficient (Wildman–Crippen LogP) is 5.07. The fourth-order valence-corrected chi connectivity index (χ4v) is 3.29. The zero-order chi connectivity index (χ0) is 12.8. The Kier molecular flexibility index (Phi) is 5.71. The Morgan fingerprint density at radius 3 is 2.78 bits per heavy atom. The first-order chi connectivity index (χ1) is 8.75. The first-order valence-electron chi connectivity index (χ1n) is 7.24. The Morgan fingerprint density at radius 2 is 2.06 bits per heavy atom. The summed E-state index contributed by atoms with van der Waals surface area (Å²) in [6.07, 6.45) is 8.61. The highest BCUT2D eigenvalue weighted by Crippen LogP contribution is 2.26. The lowest BCUT2D eigenvalue weighted by atomic mass is 9.87. The summed E-state index contributed by atoms with van der Waals surface area (Å²) in [7, 11) is 0. The summed E-state index contributed by atoms with van der Waals surface area (Å²) in [6.45, 7) is 3.40. The fourth-order valence-electron chi connectivity index (χ4n) is 2.87. The lowest BCUT2D eigenvalue weighted by Crippen LogP contribution is -2.22. The Balaban J connectivity index is 1.72. The van der Waals surface area contributed by atoms with Crippen LogP contribution in [0.2, 0.25) is 0 Å². The monoisotopic (exact) mass is 309 g/mol. The molecule has 0 saturated heterocycles. The van der Waals surface area contributed by atoms with Gasteiger partial charge in [0.2, 0.25) is 0 Å². The Bertz CT molecular complexity index is 358. The molecule has 0 unspecified atom stereocenters. The minimum atomic E-state index is 0.450. The van der Waals surface area contributed by atoms with Crippen molar-refractivity contribution in [3.05, 3.63) is 34.3 Å². The van der Waals surface area contributed by atoms with Gasteiger partial charge in [-0.25, -0.2) is 0 Å². The molecule has 0 aromatic heterocycles. The van der Waals surface area contributed by atoms with Crippen LogP contribution in [0, 0.1) is 5.92 Å². The normalized spacial score (nSPS) is 18.8. The molecule has 18 heavy (non-hydrogen) atoms. The van der Waals surface area contributed by atoms with Gasteiger partial charge in [0, 0.05) is 10.5 Å². The van der Waals surface area contributed by atoms with E-state index in [1.807, 2.05) is 0 Å². The van der Waals surface area contributed by atoms with Crippen LogP contribution in [0.3, 0.4) is 0 Å². The van der Waals surface area contributed by atoms with Crippen molar-refractivity contribution in [1.29, 1.82) is 0 Å². The summed E-state index contributed by atoms with van der Waals surface area (Å²) >= 11 is 3.53. The van der Waals surface area contributed by atoms with Gasteiger partial charge >= 0.3 is 0 Å². The van der Waals surface area contributed by atoms with Gasteiger partial charge in [-0.3, -0.25) is 0 Å². The molecule has 0 aliphatic heterocycles. The largest absolute Gasteiger partial charge is 0.310 e. The molecule has 100 valence electrons. The van der Waals surface area contributed by atoms with Crippen molar-refractivity contribution >= 4 is 15.9 Å². The molecule has 0 heterocycles. The highest BCUT2D eigenvalue weighted by Gasteiger charge is 2.13. The van der Waals surface area contributed by atoms with Gasteiger partial charge in [0.15, 0.2) is 0 Å². The van der Waals surface area contributed by atoms with Crippen LogP contribution in [0.4, 0.5) is 0 Å². The van der Waals surface area contributed by atoms with Gasteiger partial charge in [-0.2, -0.15) is 0 Å². The van der Waals surface area contributed by atoms with Crippen molar-refractivity contribution < 1.29 is 0 Å². The van der Waals surface area contributed by atoms with E-state index in [-0.39, 0.29) is 0 Å². The van der Waals surface area contributed by atoms with E-state index in [1.54, 1.807) is 0 Å². The number of hydrogen-bond acceptors (Lipinski definition) is 1. The molecule has 1 fully saturated rings. The Labute approximate surface area is 119 Å². The highest BCUT2D eigenvalue weighted by atomic mass is 79.9. The van der Waals surface area contributed by atoms with E-state index in [1.165, 1.54) is 48.6 Å². The van der Waals surface area contributed by atoms with Crippen molar-refractivity contribution in [2.75, 3.05) is 6.54 Å². The lowest BCUT2D eigenvalue weighted by molar-refractivity contribution is 0.329. The molecule has 2 rings (SSSR count). The summed E-state index contributed by atoms with van der Waals surface area (Å²) < 4.78 is 1.17. The molecule has 1 N–H and O–H groups in total. The SMILES string of the molecule is C[C@@H](NCCC1CCCCC1)c1cccc(Br)c1. The zero-order valence-electron chi connectivity index (χ0n) is 11.3. The molecular weight excluding hydrogens is 286 g/mol. The van der Waals surface area contributed by atoms with E-state index in [9.17, 15) is 0 Å². The summed E-state index contributed by atoms with van der Waals surface area (Å²) in [5.41, 5.74) is 1.37. The van der Waals surface area contributed by atoms with E-state index < -0.39 is 0 Å². The maximum Gasteiger partial charge on any atom is 0.0292 e. The van der Waals surface area contributed by atoms with Crippen LogP contribution in [0.1, 0.15) is 57.1 Å². The maximum absolute atomic E-state index is 3.65. The second kappa shape index (κ2) is 7.30. The number of rotatable bonds is 5. The summed E-state index contributed by atoms with van der Waals surface area (Å²) in [5, 5.41) is 3.65. The first kappa shape index (κ1) is 14.1. The fraction of sp³-hybridized carbons (Fsp3) is 0.625. The number of halogens is 1. The van der Waals surface area contributed by atoms with E-state index in [0.717, 1.165) is 12.5 Å². The quantitative estimate of drug-likeness (QED) is 0.800. The lowest BCUT2D eigenvalue weighted by Gasteiger charge is -2.22. The molecule has 1 aliphatic rings. The average molecular weight is 310 g/mol. The second-order valence-corrected chi connectivity index (χ2v) is 6.44. The topological polar surface area (TPSA) is 12.0 Å². The van der Waals surface area contributed by atoms with Crippen LogP contribution in [0.25, 0.3) is 0 Å². The van der Waals surface area contributed by atoms with Crippen LogP contribution in [-0.4, -0.2) is 6.54 Å². The maximum atomic E-state index is 3.65. The molecule has 1 nitrogen and oxygen atoms in total. The van der Waals surface area contributed by atoms with E-state index in [4.69, 9.17) is 0 Å². The molecule has 0 radical (unpaired) electrons. The van der Waals surface area contributed by atoms with Gasteiger partial charge in [0.05, 0.1) is 0 Å². The van der Waals surface area contributed by atoms with Gasteiger partial charge in [-0.15, -0.1) is 0 Å². The molecule has 0 amide bonds. The molecule has 0 bridgehead atoms. The second-order valence-electron chi connectivity index (χ2n) is 5.52. The molecule has 0 spiro atoms. The number of hydrogen-bond donors (Lipinski definition) is 1. The van der Waals surface area contributed by atoms with E-state index in [2.05, 4.69) is 52.4 Å². The van der Waals surface area contributed by atoms with Gasteiger partial charge < -0.3 is 5.32 Å². The van der Waals surface area contributed by atoms with Gasteiger partial charge in [0.25, 0.3) is 0 Å². The molecule has 2 heteroatoms. The standard InChI is InChI=1S/C16H24BrN/c1-13(15-8-5-9-16(17)12-15)18-11-10-14-6-3-2-4-7-14/h5,8-9,12-14,18H,2-4,6-7,10-11H2,1H3/t13-/m1/s1. The smallest absolute Gasteiger partial charge is 0.0292 e. The average Bonchev–Trinajstić information content (AvgIpc) is 2.40. The number of benzene rings is 1. The van der Waals surface area contributed by atoms with Crippen LogP contribution in [0.5, 0.6) is 0 Å². The summed E-state index contributed by atoms with van der Waals surface area (Å²) in [5.74, 6) is 0.973. The summed E-state index contributed by atoms with van der Waals surface area (Å²) in [4.78, 5) is 0. The molecule has 1 saturated carbocycles. The van der Waals surface area contributed by atoms with Gasteiger partial charge in [-0.1, -0.05) is 60.2 Å². The third-order valence-corrected chi connectivity index (χ3v) is 4.57. The van der Waals surface area contributed by atoms with Gasteiger partial charge in [0.1, 0.15) is 0 Å². The van der Waals surface area contributed by atoms with Crippen LogP contribution in [-0.2, 0) is 0 Å². The van der Waals surface area contributed by atoms with E-state index >= 15 is 0 Å². The molecular formula is C16H24BrN. The Hall–Kier alpha value is -0.340. The van der Waals surface area contributed by atoms with Crippen molar-refractivity contribution in [2.24, 2.45) is 5.92 Å². The van der Waals surface area contributed by atoms with Crippen molar-refractivity contribution in [3.63, 3.8) is 0 Å². The third kappa shape index (κ3) is 4.40. The zero-order valence-corrected chi connectivity index (χ0v) is 12.9. The number of nitrogens with one attached hydrogen (secondary N) is 1. The van der Waals surface area contributed by atoms with Crippen molar-refractivity contribution in [3.8, 4) is 0 Å². The van der Waals surface area contributed by atoms with E-state index in [0.29, 0.717) is 6.04 Å². The molecule has 1 atom stereocenters. The summed E-state index contributed by atoms with van der Waals surface area (Å²) in [6, 6.07) is 9.05. The van der Waals surface area contributed by atoms with Crippen LogP contribution in [0.15, 0.2) is 28.7 Å². The van der Waals surface area contributed by atoms with Crippen molar-refractivity contribution in [2.45, 2.75) is 51.5 Å². The molecule has 1 aliphatic carbocycles. The predicted molar refractivity (Wildman–Crippen MR) is 81.8 cm³/mol. The third-order valence-electron chi connectivity index (χ3n) is 4.08. The van der Waals surface area contributed by atoms with Crippen molar-refractivity contribution in [1.82, 2.24) is 5.32 Å². The Morgan fingerprint density at radius 1 is 1.28 bits per heavy atom. The van der Waals surface area contributed by atoms with Crippen LogP contribution < -0.4 is 5.32 Å². The highest BCUT2D eigenvalue weighted by molar-refractivity contribution is 9.10. The molecule has 1 aromatic rings. The molecule has 1 aromatic carbocycles. The van der Waals surface area contributed by atoms with Gasteiger partial charge in [-0.05, 0) is 43.5 Å². The minimum absolute atomic E-state index is 0.450. The first-order valence-corrected chi connectivity index (χ1v) is 8.04. The minimum Gasteiger partial charge on any atom is -0.310 e.